The van der Waals surface area contributed by atoms with Crippen LogP contribution in [0.4, 0.5) is 10.1 Å². The summed E-state index contributed by atoms with van der Waals surface area (Å²) in [6.07, 6.45) is 0.814. The second-order valence-corrected chi connectivity index (χ2v) is 4.65. The zero-order valence-corrected chi connectivity index (χ0v) is 12.1. The standard InChI is InChI=1S/C15H18FN3O2/c1-3-13-8-14(19(4-2)18-13)9-21-15(20)10-5-11(16)7-12(17)6-10/h5-8H,3-4,9,17H2,1-2H3. The Bertz CT molecular complexity index is 632. The molecule has 2 rings (SSSR count). The summed E-state index contributed by atoms with van der Waals surface area (Å²) in [5.41, 5.74) is 7.56. The number of ether oxygens (including phenoxy) is 1. The molecule has 21 heavy (non-hydrogen) atoms. The maximum Gasteiger partial charge on any atom is 0.338 e. The van der Waals surface area contributed by atoms with Crippen molar-refractivity contribution in [3.05, 3.63) is 47.0 Å². The fourth-order valence-corrected chi connectivity index (χ4v) is 2.03. The predicted molar refractivity (Wildman–Crippen MR) is 77.2 cm³/mol. The van der Waals surface area contributed by atoms with E-state index in [0.717, 1.165) is 29.9 Å². The Morgan fingerprint density at radius 2 is 2.10 bits per heavy atom. The third-order valence-electron chi connectivity index (χ3n) is 3.08. The smallest absolute Gasteiger partial charge is 0.338 e. The maximum atomic E-state index is 13.2. The minimum atomic E-state index is -0.608. The highest BCUT2D eigenvalue weighted by molar-refractivity contribution is 5.90. The monoisotopic (exact) mass is 291 g/mol. The van der Waals surface area contributed by atoms with E-state index in [1.165, 1.54) is 6.07 Å². The largest absolute Gasteiger partial charge is 0.456 e. The molecule has 0 saturated heterocycles. The molecule has 2 N–H and O–H groups in total. The molecule has 0 aliphatic carbocycles. The molecule has 0 aliphatic rings. The molecule has 0 aliphatic heterocycles. The van der Waals surface area contributed by atoms with E-state index in [9.17, 15) is 9.18 Å². The lowest BCUT2D eigenvalue weighted by molar-refractivity contribution is 0.0462. The molecular formula is C15H18FN3O2. The molecule has 1 aromatic heterocycles. The van der Waals surface area contributed by atoms with Gasteiger partial charge in [-0.15, -0.1) is 0 Å². The van der Waals surface area contributed by atoms with Gasteiger partial charge in [0.05, 0.1) is 17.0 Å². The number of carbonyl (C=O) groups excluding carboxylic acids is 1. The lowest BCUT2D eigenvalue weighted by atomic mass is 10.2. The first-order chi connectivity index (χ1) is 10.0. The summed E-state index contributed by atoms with van der Waals surface area (Å²) in [4.78, 5) is 11.9. The normalized spacial score (nSPS) is 10.6. The summed E-state index contributed by atoms with van der Waals surface area (Å²) in [7, 11) is 0. The molecule has 0 radical (unpaired) electrons. The van der Waals surface area contributed by atoms with E-state index in [4.69, 9.17) is 10.5 Å². The molecule has 0 saturated carbocycles. The molecule has 6 heteroatoms. The number of nitrogen functional groups attached to an aromatic ring is 1. The van der Waals surface area contributed by atoms with Gasteiger partial charge in [-0.3, -0.25) is 4.68 Å². The van der Waals surface area contributed by atoms with Crippen LogP contribution in [0.5, 0.6) is 0 Å². The van der Waals surface area contributed by atoms with Crippen molar-refractivity contribution in [2.24, 2.45) is 0 Å². The summed E-state index contributed by atoms with van der Waals surface area (Å²) in [6.45, 7) is 4.76. The second-order valence-electron chi connectivity index (χ2n) is 4.65. The molecule has 0 amide bonds. The molecule has 112 valence electrons. The number of aromatic nitrogens is 2. The van der Waals surface area contributed by atoms with Crippen molar-refractivity contribution in [2.45, 2.75) is 33.4 Å². The van der Waals surface area contributed by atoms with Gasteiger partial charge in [-0.2, -0.15) is 5.10 Å². The minimum Gasteiger partial charge on any atom is -0.456 e. The van der Waals surface area contributed by atoms with Gasteiger partial charge in [0.1, 0.15) is 12.4 Å². The average molecular weight is 291 g/mol. The van der Waals surface area contributed by atoms with Gasteiger partial charge >= 0.3 is 5.97 Å². The number of benzene rings is 1. The third-order valence-corrected chi connectivity index (χ3v) is 3.08. The van der Waals surface area contributed by atoms with Crippen molar-refractivity contribution in [3.63, 3.8) is 0 Å². The van der Waals surface area contributed by atoms with E-state index in [0.29, 0.717) is 6.54 Å². The molecule has 1 aromatic carbocycles. The number of nitrogens with zero attached hydrogens (tertiary/aromatic N) is 2. The minimum absolute atomic E-state index is 0.0933. The van der Waals surface area contributed by atoms with E-state index in [1.807, 2.05) is 19.9 Å². The highest BCUT2D eigenvalue weighted by Crippen LogP contribution is 2.13. The number of carbonyl (C=O) groups is 1. The van der Waals surface area contributed by atoms with Crippen LogP contribution in [0.2, 0.25) is 0 Å². The molecule has 0 spiro atoms. The number of hydrogen-bond donors (Lipinski definition) is 1. The summed E-state index contributed by atoms with van der Waals surface area (Å²) in [6, 6.07) is 5.54. The molecule has 1 heterocycles. The predicted octanol–water partition coefficient (Wildman–Crippen LogP) is 2.54. The summed E-state index contributed by atoms with van der Waals surface area (Å²) in [5.74, 6) is -1.17. The Morgan fingerprint density at radius 3 is 2.71 bits per heavy atom. The van der Waals surface area contributed by atoms with Crippen molar-refractivity contribution in [3.8, 4) is 0 Å². The van der Waals surface area contributed by atoms with Gasteiger partial charge in [0.25, 0.3) is 0 Å². The van der Waals surface area contributed by atoms with E-state index >= 15 is 0 Å². The van der Waals surface area contributed by atoms with E-state index in [-0.39, 0.29) is 17.9 Å². The van der Waals surface area contributed by atoms with Crippen LogP contribution in [0.15, 0.2) is 24.3 Å². The molecule has 0 atom stereocenters. The van der Waals surface area contributed by atoms with Gasteiger partial charge in [0.2, 0.25) is 0 Å². The van der Waals surface area contributed by atoms with Crippen LogP contribution in [0.25, 0.3) is 0 Å². The van der Waals surface area contributed by atoms with Gasteiger partial charge in [-0.05, 0) is 37.6 Å². The Morgan fingerprint density at radius 1 is 1.33 bits per heavy atom. The van der Waals surface area contributed by atoms with Gasteiger partial charge in [0.15, 0.2) is 0 Å². The summed E-state index contributed by atoms with van der Waals surface area (Å²) in [5, 5.41) is 4.37. The number of anilines is 1. The van der Waals surface area contributed by atoms with Gasteiger partial charge in [-0.1, -0.05) is 6.92 Å². The Hall–Kier alpha value is -2.37. The number of hydrogen-bond acceptors (Lipinski definition) is 4. The highest BCUT2D eigenvalue weighted by atomic mass is 19.1. The number of rotatable bonds is 5. The highest BCUT2D eigenvalue weighted by Gasteiger charge is 2.12. The van der Waals surface area contributed by atoms with Crippen molar-refractivity contribution >= 4 is 11.7 Å². The molecule has 0 fully saturated rings. The Kier molecular flexibility index (Phi) is 4.57. The number of halogens is 1. The van der Waals surface area contributed by atoms with Crippen LogP contribution < -0.4 is 5.73 Å². The van der Waals surface area contributed by atoms with Gasteiger partial charge in [-0.25, -0.2) is 9.18 Å². The molecule has 5 nitrogen and oxygen atoms in total. The van der Waals surface area contributed by atoms with Crippen LogP contribution in [0, 0.1) is 5.82 Å². The molecular weight excluding hydrogens is 273 g/mol. The van der Waals surface area contributed by atoms with Crippen LogP contribution in [-0.2, 0) is 24.3 Å². The first-order valence-electron chi connectivity index (χ1n) is 6.82. The van der Waals surface area contributed by atoms with E-state index in [2.05, 4.69) is 5.10 Å². The number of esters is 1. The van der Waals surface area contributed by atoms with Crippen LogP contribution in [0.1, 0.15) is 35.6 Å². The van der Waals surface area contributed by atoms with Crippen LogP contribution in [-0.4, -0.2) is 15.7 Å². The zero-order valence-electron chi connectivity index (χ0n) is 12.1. The Balaban J connectivity index is 2.08. The van der Waals surface area contributed by atoms with Gasteiger partial charge in [0, 0.05) is 12.2 Å². The lowest BCUT2D eigenvalue weighted by Gasteiger charge is -2.07. The molecule has 2 aromatic rings. The van der Waals surface area contributed by atoms with Crippen molar-refractivity contribution in [2.75, 3.05) is 5.73 Å². The van der Waals surface area contributed by atoms with Crippen LogP contribution in [0.3, 0.4) is 0 Å². The van der Waals surface area contributed by atoms with Crippen molar-refractivity contribution in [1.29, 1.82) is 0 Å². The molecule has 0 unspecified atom stereocenters. The summed E-state index contributed by atoms with van der Waals surface area (Å²) < 4.78 is 20.2. The van der Waals surface area contributed by atoms with E-state index in [1.54, 1.807) is 4.68 Å². The average Bonchev–Trinajstić information content (AvgIpc) is 2.86. The summed E-state index contributed by atoms with van der Waals surface area (Å²) >= 11 is 0. The SMILES string of the molecule is CCc1cc(COC(=O)c2cc(N)cc(F)c2)n(CC)n1. The fourth-order valence-electron chi connectivity index (χ4n) is 2.03. The number of nitrogens with two attached hydrogens (primary N) is 1. The maximum absolute atomic E-state index is 13.2. The fraction of sp³-hybridized carbons (Fsp3) is 0.333. The van der Waals surface area contributed by atoms with E-state index < -0.39 is 11.8 Å². The zero-order chi connectivity index (χ0) is 15.4. The van der Waals surface area contributed by atoms with Crippen molar-refractivity contribution < 1.29 is 13.9 Å². The Labute approximate surface area is 122 Å². The quantitative estimate of drug-likeness (QED) is 0.679. The first kappa shape index (κ1) is 15.0. The third kappa shape index (κ3) is 3.59. The second kappa shape index (κ2) is 6.39. The first-order valence-corrected chi connectivity index (χ1v) is 6.82. The van der Waals surface area contributed by atoms with Gasteiger partial charge < -0.3 is 10.5 Å². The number of aryl methyl sites for hydroxylation is 2. The lowest BCUT2D eigenvalue weighted by Crippen LogP contribution is -2.10. The van der Waals surface area contributed by atoms with Crippen molar-refractivity contribution in [1.82, 2.24) is 9.78 Å². The molecule has 0 bridgehead atoms. The topological polar surface area (TPSA) is 70.1 Å². The van der Waals surface area contributed by atoms with Crippen LogP contribution >= 0.6 is 0 Å².